The second-order valence-electron chi connectivity index (χ2n) is 3.24. The monoisotopic (exact) mass is 262 g/mol. The third-order valence-corrected chi connectivity index (χ3v) is 2.74. The predicted octanol–water partition coefficient (Wildman–Crippen LogP) is 3.45. The summed E-state index contributed by atoms with van der Waals surface area (Å²) in [6.07, 6.45) is 7.15. The highest BCUT2D eigenvalue weighted by Crippen LogP contribution is 2.13. The lowest BCUT2D eigenvalue weighted by atomic mass is 10.1. The summed E-state index contributed by atoms with van der Waals surface area (Å²) in [7, 11) is 0. The summed E-state index contributed by atoms with van der Waals surface area (Å²) in [5.74, 6) is -0.179. The fourth-order valence-electron chi connectivity index (χ4n) is 1.10. The fraction of sp³-hybridized carbons (Fsp3) is 0.727. The van der Waals surface area contributed by atoms with Gasteiger partial charge in [-0.25, -0.2) is 0 Å². The third-order valence-electron chi connectivity index (χ3n) is 1.91. The zero-order valence-corrected chi connectivity index (χ0v) is 10.4. The van der Waals surface area contributed by atoms with Crippen molar-refractivity contribution in [1.82, 2.24) is 0 Å². The van der Waals surface area contributed by atoms with Crippen molar-refractivity contribution in [3.63, 3.8) is 0 Å². The van der Waals surface area contributed by atoms with Gasteiger partial charge in [-0.2, -0.15) is 0 Å². The first-order chi connectivity index (χ1) is 6.72. The summed E-state index contributed by atoms with van der Waals surface area (Å²) in [4.78, 5) is 11.1. The summed E-state index contributed by atoms with van der Waals surface area (Å²) >= 11 is 3.32. The maximum absolute atomic E-state index is 11.2. The minimum Gasteiger partial charge on any atom is -0.461 e. The van der Waals surface area contributed by atoms with Gasteiger partial charge in [0.25, 0.3) is 0 Å². The van der Waals surface area contributed by atoms with Crippen molar-refractivity contribution >= 4 is 21.9 Å². The van der Waals surface area contributed by atoms with Crippen LogP contribution in [-0.2, 0) is 9.53 Å². The molecule has 1 atom stereocenters. The van der Waals surface area contributed by atoms with Gasteiger partial charge in [-0.1, -0.05) is 61.2 Å². The summed E-state index contributed by atoms with van der Waals surface area (Å²) in [6, 6.07) is 0. The summed E-state index contributed by atoms with van der Waals surface area (Å²) in [5, 5.41) is 0. The standard InChI is InChI=1S/C11H19BrO2/c1-3-5-6-7-8-10(12)11(13)14-9-4-2/h4,10H,2-3,5-9H2,1H3. The van der Waals surface area contributed by atoms with Gasteiger partial charge in [0.15, 0.2) is 0 Å². The van der Waals surface area contributed by atoms with Gasteiger partial charge in [0, 0.05) is 0 Å². The SMILES string of the molecule is C=CCOC(=O)C(Br)CCCCCC. The first-order valence-corrected chi connectivity index (χ1v) is 6.05. The number of carbonyl (C=O) groups excluding carboxylic acids is 1. The number of alkyl halides is 1. The van der Waals surface area contributed by atoms with Gasteiger partial charge < -0.3 is 4.74 Å². The quantitative estimate of drug-likeness (QED) is 0.290. The Balaban J connectivity index is 3.46. The van der Waals surface area contributed by atoms with Crippen LogP contribution in [0.4, 0.5) is 0 Å². The molecule has 0 N–H and O–H groups in total. The molecule has 0 bridgehead atoms. The molecule has 0 heterocycles. The molecule has 82 valence electrons. The van der Waals surface area contributed by atoms with Gasteiger partial charge in [0.05, 0.1) is 0 Å². The van der Waals surface area contributed by atoms with Crippen molar-refractivity contribution in [1.29, 1.82) is 0 Å². The number of esters is 1. The van der Waals surface area contributed by atoms with Crippen molar-refractivity contribution in [2.24, 2.45) is 0 Å². The highest BCUT2D eigenvalue weighted by atomic mass is 79.9. The molecule has 0 spiro atoms. The van der Waals surface area contributed by atoms with Crippen LogP contribution < -0.4 is 0 Å². The first kappa shape index (κ1) is 13.7. The van der Waals surface area contributed by atoms with Crippen molar-refractivity contribution in [3.8, 4) is 0 Å². The zero-order valence-electron chi connectivity index (χ0n) is 8.80. The topological polar surface area (TPSA) is 26.3 Å². The molecule has 0 saturated heterocycles. The van der Waals surface area contributed by atoms with E-state index in [0.717, 1.165) is 12.8 Å². The van der Waals surface area contributed by atoms with E-state index in [1.54, 1.807) is 6.08 Å². The molecular weight excluding hydrogens is 244 g/mol. The Bertz CT molecular complexity index is 169. The van der Waals surface area contributed by atoms with Gasteiger partial charge in [-0.15, -0.1) is 0 Å². The van der Waals surface area contributed by atoms with Crippen LogP contribution in [0.5, 0.6) is 0 Å². The van der Waals surface area contributed by atoms with E-state index in [1.807, 2.05) is 0 Å². The van der Waals surface area contributed by atoms with Gasteiger partial charge in [0.2, 0.25) is 0 Å². The maximum atomic E-state index is 11.2. The van der Waals surface area contributed by atoms with E-state index in [4.69, 9.17) is 4.74 Å². The Labute approximate surface area is 94.8 Å². The number of unbranched alkanes of at least 4 members (excludes halogenated alkanes) is 3. The molecule has 0 rings (SSSR count). The van der Waals surface area contributed by atoms with Gasteiger partial charge >= 0.3 is 5.97 Å². The van der Waals surface area contributed by atoms with E-state index in [1.165, 1.54) is 19.3 Å². The van der Waals surface area contributed by atoms with E-state index < -0.39 is 0 Å². The van der Waals surface area contributed by atoms with Crippen LogP contribution in [0.2, 0.25) is 0 Å². The van der Waals surface area contributed by atoms with Crippen LogP contribution in [0.1, 0.15) is 39.0 Å². The van der Waals surface area contributed by atoms with Crippen molar-refractivity contribution < 1.29 is 9.53 Å². The Hall–Kier alpha value is -0.310. The fourth-order valence-corrected chi connectivity index (χ4v) is 1.56. The van der Waals surface area contributed by atoms with Crippen LogP contribution in [0.25, 0.3) is 0 Å². The molecule has 0 fully saturated rings. The number of hydrogen-bond donors (Lipinski definition) is 0. The van der Waals surface area contributed by atoms with E-state index in [0.29, 0.717) is 6.61 Å². The molecule has 0 aromatic rings. The van der Waals surface area contributed by atoms with Crippen LogP contribution in [0.15, 0.2) is 12.7 Å². The lowest BCUT2D eigenvalue weighted by molar-refractivity contribution is -0.141. The second-order valence-corrected chi connectivity index (χ2v) is 4.34. The van der Waals surface area contributed by atoms with E-state index in [2.05, 4.69) is 29.4 Å². The molecule has 0 radical (unpaired) electrons. The number of ether oxygens (including phenoxy) is 1. The first-order valence-electron chi connectivity index (χ1n) is 5.14. The van der Waals surface area contributed by atoms with Gasteiger partial charge in [-0.05, 0) is 6.42 Å². The molecule has 0 amide bonds. The Kier molecular flexibility index (Phi) is 9.05. The molecule has 0 aromatic carbocycles. The molecule has 0 aliphatic carbocycles. The van der Waals surface area contributed by atoms with Crippen LogP contribution in [0.3, 0.4) is 0 Å². The molecule has 2 nitrogen and oxygen atoms in total. The minimum atomic E-state index is -0.179. The third kappa shape index (κ3) is 7.13. The van der Waals surface area contributed by atoms with Crippen molar-refractivity contribution in [2.45, 2.75) is 43.9 Å². The largest absolute Gasteiger partial charge is 0.461 e. The number of hydrogen-bond acceptors (Lipinski definition) is 2. The Morgan fingerprint density at radius 3 is 2.79 bits per heavy atom. The smallest absolute Gasteiger partial charge is 0.320 e. The van der Waals surface area contributed by atoms with Gasteiger partial charge in [0.1, 0.15) is 11.4 Å². The predicted molar refractivity (Wildman–Crippen MR) is 62.6 cm³/mol. The number of halogens is 1. The number of rotatable bonds is 8. The summed E-state index contributed by atoms with van der Waals surface area (Å²) in [5.41, 5.74) is 0. The second kappa shape index (κ2) is 9.25. The Morgan fingerprint density at radius 1 is 1.50 bits per heavy atom. The Morgan fingerprint density at radius 2 is 2.21 bits per heavy atom. The van der Waals surface area contributed by atoms with Crippen molar-refractivity contribution in [3.05, 3.63) is 12.7 Å². The molecule has 0 aliphatic heterocycles. The van der Waals surface area contributed by atoms with Crippen molar-refractivity contribution in [2.75, 3.05) is 6.61 Å². The highest BCUT2D eigenvalue weighted by molar-refractivity contribution is 9.10. The lowest BCUT2D eigenvalue weighted by Crippen LogP contribution is -2.17. The lowest BCUT2D eigenvalue weighted by Gasteiger charge is -2.08. The molecular formula is C11H19BrO2. The summed E-state index contributed by atoms with van der Waals surface area (Å²) < 4.78 is 4.91. The zero-order chi connectivity index (χ0) is 10.8. The highest BCUT2D eigenvalue weighted by Gasteiger charge is 2.14. The molecule has 0 aromatic heterocycles. The van der Waals surface area contributed by atoms with Crippen LogP contribution in [-0.4, -0.2) is 17.4 Å². The molecule has 3 heteroatoms. The number of carbonyl (C=O) groups is 1. The molecule has 14 heavy (non-hydrogen) atoms. The molecule has 1 unspecified atom stereocenters. The average molecular weight is 263 g/mol. The summed E-state index contributed by atoms with van der Waals surface area (Å²) in [6.45, 7) is 5.96. The normalized spacial score (nSPS) is 12.1. The van der Waals surface area contributed by atoms with Crippen LogP contribution in [0, 0.1) is 0 Å². The average Bonchev–Trinajstić information content (AvgIpc) is 2.20. The van der Waals surface area contributed by atoms with E-state index in [9.17, 15) is 4.79 Å². The van der Waals surface area contributed by atoms with E-state index in [-0.39, 0.29) is 10.8 Å². The molecule has 0 aliphatic rings. The molecule has 0 saturated carbocycles. The van der Waals surface area contributed by atoms with Gasteiger partial charge in [-0.3, -0.25) is 4.79 Å². The maximum Gasteiger partial charge on any atom is 0.320 e. The van der Waals surface area contributed by atoms with Crippen LogP contribution >= 0.6 is 15.9 Å². The minimum absolute atomic E-state index is 0.153. The van der Waals surface area contributed by atoms with E-state index >= 15 is 0 Å².